The number of rotatable bonds is 3. The van der Waals surface area contributed by atoms with Crippen LogP contribution in [0.5, 0.6) is 0 Å². The van der Waals surface area contributed by atoms with Gasteiger partial charge in [-0.15, -0.1) is 0 Å². The van der Waals surface area contributed by atoms with Crippen LogP contribution in [0, 0.1) is 5.41 Å². The summed E-state index contributed by atoms with van der Waals surface area (Å²) in [6.45, 7) is 0. The summed E-state index contributed by atoms with van der Waals surface area (Å²) < 4.78 is 0.796. The van der Waals surface area contributed by atoms with Crippen molar-refractivity contribution in [3.05, 3.63) is 34.6 Å². The normalized spacial score (nSPS) is 10.3. The van der Waals surface area contributed by atoms with E-state index in [9.17, 15) is 0 Å². The molecule has 0 unspecified atom stereocenters. The second-order valence-corrected chi connectivity index (χ2v) is 4.86. The van der Waals surface area contributed by atoms with E-state index in [1.54, 1.807) is 6.07 Å². The average Bonchev–Trinajstić information content (AvgIpc) is 2.70. The second kappa shape index (κ2) is 4.67. The number of hydrogen-bond acceptors (Lipinski definition) is 4. The van der Waals surface area contributed by atoms with Gasteiger partial charge >= 0.3 is 0 Å². The highest BCUT2D eigenvalue weighted by molar-refractivity contribution is 9.10. The summed E-state index contributed by atoms with van der Waals surface area (Å²) in [5.41, 5.74) is 6.10. The first-order valence-corrected chi connectivity index (χ1v) is 5.95. The SMILES string of the molecule is N=C(N)c1ccc(Sc2ncn[nH]2)cc1Br. The number of nitrogen functional groups attached to an aromatic ring is 1. The first-order valence-electron chi connectivity index (χ1n) is 4.34. The summed E-state index contributed by atoms with van der Waals surface area (Å²) in [5, 5.41) is 14.6. The monoisotopic (exact) mass is 297 g/mol. The molecule has 0 atom stereocenters. The van der Waals surface area contributed by atoms with Crippen molar-refractivity contribution in [2.75, 3.05) is 0 Å². The number of amidine groups is 1. The van der Waals surface area contributed by atoms with Gasteiger partial charge < -0.3 is 5.73 Å². The topological polar surface area (TPSA) is 91.4 Å². The number of H-pyrrole nitrogens is 1. The third-order valence-electron chi connectivity index (χ3n) is 1.84. The van der Waals surface area contributed by atoms with E-state index < -0.39 is 0 Å². The maximum absolute atomic E-state index is 7.36. The van der Waals surface area contributed by atoms with Gasteiger partial charge in [-0.25, -0.2) is 4.98 Å². The Kier molecular flexibility index (Phi) is 3.25. The molecule has 0 radical (unpaired) electrons. The molecule has 0 amide bonds. The highest BCUT2D eigenvalue weighted by atomic mass is 79.9. The standard InChI is InChI=1S/C9H8BrN5S/c10-7-3-5(1-2-6(7)8(11)12)16-9-13-4-14-15-9/h1-4H,(H3,11,12)(H,13,14,15). The number of nitrogens with two attached hydrogens (primary N) is 1. The van der Waals surface area contributed by atoms with Crippen molar-refractivity contribution in [3.8, 4) is 0 Å². The maximum Gasteiger partial charge on any atom is 0.188 e. The van der Waals surface area contributed by atoms with Crippen LogP contribution < -0.4 is 5.73 Å². The highest BCUT2D eigenvalue weighted by Crippen LogP contribution is 2.28. The minimum atomic E-state index is 0.0445. The lowest BCUT2D eigenvalue weighted by atomic mass is 10.2. The van der Waals surface area contributed by atoms with Crippen LogP contribution in [0.2, 0.25) is 0 Å². The van der Waals surface area contributed by atoms with Gasteiger partial charge in [0.15, 0.2) is 5.16 Å². The van der Waals surface area contributed by atoms with E-state index in [1.165, 1.54) is 18.1 Å². The Bertz CT molecular complexity index is 511. The number of nitrogens with one attached hydrogen (secondary N) is 2. The molecule has 0 aliphatic rings. The predicted molar refractivity (Wildman–Crippen MR) is 65.7 cm³/mol. The Labute approximate surface area is 104 Å². The van der Waals surface area contributed by atoms with Gasteiger partial charge in [-0.1, -0.05) is 11.8 Å². The number of benzene rings is 1. The molecule has 0 fully saturated rings. The number of halogens is 1. The van der Waals surface area contributed by atoms with Crippen LogP contribution in [-0.4, -0.2) is 21.0 Å². The zero-order valence-corrected chi connectivity index (χ0v) is 10.5. The molecular weight excluding hydrogens is 290 g/mol. The van der Waals surface area contributed by atoms with E-state index in [-0.39, 0.29) is 5.84 Å². The van der Waals surface area contributed by atoms with Gasteiger partial charge in [0.05, 0.1) is 0 Å². The third-order valence-corrected chi connectivity index (χ3v) is 3.37. The molecule has 2 rings (SSSR count). The van der Waals surface area contributed by atoms with Crippen LogP contribution in [0.1, 0.15) is 5.56 Å². The molecule has 0 spiro atoms. The van der Waals surface area contributed by atoms with Crippen LogP contribution in [0.3, 0.4) is 0 Å². The lowest BCUT2D eigenvalue weighted by Gasteiger charge is -2.04. The Balaban J connectivity index is 2.24. The van der Waals surface area contributed by atoms with Gasteiger partial charge in [-0.2, -0.15) is 5.10 Å². The average molecular weight is 298 g/mol. The van der Waals surface area contributed by atoms with Crippen LogP contribution in [0.4, 0.5) is 0 Å². The van der Waals surface area contributed by atoms with Crippen LogP contribution in [0.25, 0.3) is 0 Å². The Morgan fingerprint density at radius 1 is 1.50 bits per heavy atom. The Morgan fingerprint density at radius 2 is 2.31 bits per heavy atom. The molecule has 0 aliphatic carbocycles. The predicted octanol–water partition coefficient (Wildman–Crippen LogP) is 2.00. The summed E-state index contributed by atoms with van der Waals surface area (Å²) >= 11 is 4.83. The molecule has 1 aromatic heterocycles. The van der Waals surface area contributed by atoms with Crippen molar-refractivity contribution in [3.63, 3.8) is 0 Å². The smallest absolute Gasteiger partial charge is 0.188 e. The van der Waals surface area contributed by atoms with E-state index in [0.717, 1.165) is 14.5 Å². The molecule has 5 nitrogen and oxygen atoms in total. The minimum absolute atomic E-state index is 0.0445. The summed E-state index contributed by atoms with van der Waals surface area (Å²) in [6.07, 6.45) is 1.46. The van der Waals surface area contributed by atoms with Crippen molar-refractivity contribution in [2.45, 2.75) is 10.1 Å². The van der Waals surface area contributed by atoms with Crippen molar-refractivity contribution < 1.29 is 0 Å². The zero-order valence-electron chi connectivity index (χ0n) is 8.07. The molecule has 82 valence electrons. The summed E-state index contributed by atoms with van der Waals surface area (Å²) in [4.78, 5) is 5.01. The molecule has 2 aromatic rings. The molecule has 1 aromatic carbocycles. The van der Waals surface area contributed by atoms with Crippen LogP contribution >= 0.6 is 27.7 Å². The van der Waals surface area contributed by atoms with E-state index in [2.05, 4.69) is 31.1 Å². The summed E-state index contributed by atoms with van der Waals surface area (Å²) in [5.74, 6) is 0.0445. The van der Waals surface area contributed by atoms with Gasteiger partial charge in [0.1, 0.15) is 12.2 Å². The second-order valence-electron chi connectivity index (χ2n) is 2.95. The third kappa shape index (κ3) is 2.42. The molecule has 0 saturated heterocycles. The first-order chi connectivity index (χ1) is 7.66. The highest BCUT2D eigenvalue weighted by Gasteiger charge is 2.06. The van der Waals surface area contributed by atoms with Gasteiger partial charge in [0.25, 0.3) is 0 Å². The largest absolute Gasteiger partial charge is 0.384 e. The van der Waals surface area contributed by atoms with Gasteiger partial charge in [0.2, 0.25) is 0 Å². The minimum Gasteiger partial charge on any atom is -0.384 e. The van der Waals surface area contributed by atoms with E-state index >= 15 is 0 Å². The molecule has 1 heterocycles. The maximum atomic E-state index is 7.36. The van der Waals surface area contributed by atoms with Gasteiger partial charge in [-0.3, -0.25) is 10.5 Å². The molecule has 0 saturated carbocycles. The van der Waals surface area contributed by atoms with Crippen molar-refractivity contribution in [2.24, 2.45) is 5.73 Å². The number of nitrogens with zero attached hydrogens (tertiary/aromatic N) is 2. The number of aromatic amines is 1. The molecular formula is C9H8BrN5S. The van der Waals surface area contributed by atoms with Crippen LogP contribution in [-0.2, 0) is 0 Å². The zero-order chi connectivity index (χ0) is 11.5. The lowest BCUT2D eigenvalue weighted by Crippen LogP contribution is -2.11. The Morgan fingerprint density at radius 3 is 2.88 bits per heavy atom. The van der Waals surface area contributed by atoms with Crippen molar-refractivity contribution in [1.29, 1.82) is 5.41 Å². The molecule has 0 aliphatic heterocycles. The fourth-order valence-corrected chi connectivity index (χ4v) is 2.61. The van der Waals surface area contributed by atoms with E-state index in [4.69, 9.17) is 11.1 Å². The van der Waals surface area contributed by atoms with E-state index in [0.29, 0.717) is 5.56 Å². The van der Waals surface area contributed by atoms with E-state index in [1.807, 2.05) is 12.1 Å². The van der Waals surface area contributed by atoms with Crippen molar-refractivity contribution in [1.82, 2.24) is 15.2 Å². The van der Waals surface area contributed by atoms with Crippen LogP contribution in [0.15, 0.2) is 39.1 Å². The lowest BCUT2D eigenvalue weighted by molar-refractivity contribution is 0.973. The molecule has 7 heteroatoms. The van der Waals surface area contributed by atoms with Crippen molar-refractivity contribution >= 4 is 33.5 Å². The Hall–Kier alpha value is -1.34. The molecule has 0 bridgehead atoms. The molecule has 4 N–H and O–H groups in total. The summed E-state index contributed by atoms with van der Waals surface area (Å²) in [6, 6.07) is 5.57. The first kappa shape index (κ1) is 11.2. The fraction of sp³-hybridized carbons (Fsp3) is 0. The summed E-state index contributed by atoms with van der Waals surface area (Å²) in [7, 11) is 0. The van der Waals surface area contributed by atoms with Gasteiger partial charge in [-0.05, 0) is 34.1 Å². The number of hydrogen-bond donors (Lipinski definition) is 3. The quantitative estimate of drug-likeness (QED) is 0.597. The fourth-order valence-electron chi connectivity index (χ4n) is 1.13. The molecule has 16 heavy (non-hydrogen) atoms. The van der Waals surface area contributed by atoms with Gasteiger partial charge in [0, 0.05) is 14.9 Å². The number of aromatic nitrogens is 3.